The lowest BCUT2D eigenvalue weighted by Crippen LogP contribution is -2.43. The molecule has 0 spiro atoms. The molecule has 112 valence electrons. The lowest BCUT2D eigenvalue weighted by molar-refractivity contribution is -0.143. The molecule has 1 rings (SSSR count). The van der Waals surface area contributed by atoms with Gasteiger partial charge in [0, 0.05) is 12.6 Å². The molecule has 0 saturated heterocycles. The summed E-state index contributed by atoms with van der Waals surface area (Å²) >= 11 is 1.05. The zero-order valence-electron chi connectivity index (χ0n) is 10.7. The zero-order chi connectivity index (χ0) is 15.8. The van der Waals surface area contributed by atoms with E-state index < -0.39 is 29.8 Å². The van der Waals surface area contributed by atoms with Crippen molar-refractivity contribution in [3.05, 3.63) is 22.1 Å². The molecule has 2 unspecified atom stereocenters. The van der Waals surface area contributed by atoms with Crippen molar-refractivity contribution in [1.82, 2.24) is 10.3 Å². The highest BCUT2D eigenvalue weighted by Crippen LogP contribution is 2.17. The van der Waals surface area contributed by atoms with E-state index in [0.29, 0.717) is 6.21 Å². The molecule has 0 radical (unpaired) electrons. The molecule has 3 N–H and O–H groups in total. The van der Waals surface area contributed by atoms with E-state index in [1.807, 2.05) is 0 Å². The van der Waals surface area contributed by atoms with E-state index in [4.69, 9.17) is 10.6 Å². The summed E-state index contributed by atoms with van der Waals surface area (Å²) < 4.78 is 0. The van der Waals surface area contributed by atoms with Crippen molar-refractivity contribution in [2.45, 2.75) is 25.0 Å². The Bertz CT molecular complexity index is 567. The van der Waals surface area contributed by atoms with Crippen LogP contribution in [0.1, 0.15) is 23.8 Å². The monoisotopic (exact) mass is 312 g/mol. The van der Waals surface area contributed by atoms with Crippen molar-refractivity contribution >= 4 is 35.2 Å². The summed E-state index contributed by atoms with van der Waals surface area (Å²) in [5, 5.41) is 20.8. The number of carbonyl (C=O) groups is 3. The summed E-state index contributed by atoms with van der Waals surface area (Å²) in [6.45, 7) is 0. The molecule has 0 aliphatic heterocycles. The molecule has 0 saturated carbocycles. The van der Waals surface area contributed by atoms with E-state index in [-0.39, 0.29) is 17.7 Å². The third-order valence-electron chi connectivity index (χ3n) is 2.46. The highest BCUT2D eigenvalue weighted by atomic mass is 32.1. The standard InChI is InChI=1S/C11H12N4O5S/c12-14-3-6(16)1-2-7(11(19)20)15-10(18)9(17)8-4-13-5-21-8/h3-5,7,9,17H,1-2H2,(H,15,18)(H,19,20). The average molecular weight is 312 g/mol. The first-order valence-corrected chi connectivity index (χ1v) is 6.63. The lowest BCUT2D eigenvalue weighted by Gasteiger charge is -2.15. The van der Waals surface area contributed by atoms with Crippen molar-refractivity contribution in [1.29, 1.82) is 0 Å². The predicted molar refractivity (Wildman–Crippen MR) is 70.6 cm³/mol. The maximum Gasteiger partial charge on any atom is 0.326 e. The van der Waals surface area contributed by atoms with Crippen LogP contribution in [0.5, 0.6) is 0 Å². The first-order chi connectivity index (χ1) is 9.95. The average Bonchev–Trinajstić information content (AvgIpc) is 2.96. The fraction of sp³-hybridized carbons (Fsp3) is 0.364. The van der Waals surface area contributed by atoms with Gasteiger partial charge >= 0.3 is 12.2 Å². The number of thiazole rings is 1. The number of carbonyl (C=O) groups excluding carboxylic acids is 2. The van der Waals surface area contributed by atoms with E-state index in [9.17, 15) is 19.5 Å². The Morgan fingerprint density at radius 1 is 1.52 bits per heavy atom. The maximum atomic E-state index is 11.7. The van der Waals surface area contributed by atoms with Gasteiger partial charge in [-0.2, -0.15) is 4.79 Å². The van der Waals surface area contributed by atoms with Crippen LogP contribution in [0, 0.1) is 0 Å². The molecule has 9 nitrogen and oxygen atoms in total. The van der Waals surface area contributed by atoms with Gasteiger partial charge in [0.05, 0.1) is 10.4 Å². The second-order valence-corrected chi connectivity index (χ2v) is 4.87. The topological polar surface area (TPSA) is 153 Å². The lowest BCUT2D eigenvalue weighted by atomic mass is 10.1. The Balaban J connectivity index is 2.61. The SMILES string of the molecule is [N-]=[N+]=CC(=O)CCC(NC(=O)C(O)c1cncs1)C(=O)O. The molecule has 1 heterocycles. The van der Waals surface area contributed by atoms with Crippen LogP contribution in [-0.4, -0.2) is 49.9 Å². The number of hydrogen-bond donors (Lipinski definition) is 3. The van der Waals surface area contributed by atoms with E-state index in [0.717, 1.165) is 11.3 Å². The number of ketones is 1. The number of aromatic nitrogens is 1. The summed E-state index contributed by atoms with van der Waals surface area (Å²) in [7, 11) is 0. The summed E-state index contributed by atoms with van der Waals surface area (Å²) in [6.07, 6.45) is 0.00652. The smallest absolute Gasteiger partial charge is 0.326 e. The number of aliphatic hydroxyl groups is 1. The molecule has 1 aromatic heterocycles. The van der Waals surface area contributed by atoms with Crippen LogP contribution in [0.2, 0.25) is 0 Å². The van der Waals surface area contributed by atoms with Crippen LogP contribution in [0.4, 0.5) is 0 Å². The first kappa shape index (κ1) is 16.6. The number of carboxylic acid groups (broad SMARTS) is 1. The molecule has 0 aliphatic carbocycles. The predicted octanol–water partition coefficient (Wildman–Crippen LogP) is -0.604. The summed E-state index contributed by atoms with van der Waals surface area (Å²) in [5.74, 6) is -2.82. The fourth-order valence-corrected chi connectivity index (χ4v) is 2.01. The minimum absolute atomic E-state index is 0.193. The van der Waals surface area contributed by atoms with E-state index in [1.165, 1.54) is 11.7 Å². The van der Waals surface area contributed by atoms with Crippen molar-refractivity contribution in [2.24, 2.45) is 0 Å². The van der Waals surface area contributed by atoms with Crippen LogP contribution >= 0.6 is 11.3 Å². The van der Waals surface area contributed by atoms with Crippen LogP contribution in [0.3, 0.4) is 0 Å². The van der Waals surface area contributed by atoms with Crippen molar-refractivity contribution in [3.8, 4) is 0 Å². The third-order valence-corrected chi connectivity index (χ3v) is 3.29. The van der Waals surface area contributed by atoms with Gasteiger partial charge in [-0.1, -0.05) is 0 Å². The molecule has 10 heteroatoms. The number of rotatable bonds is 8. The number of hydrogen-bond acceptors (Lipinski definition) is 6. The van der Waals surface area contributed by atoms with Gasteiger partial charge in [-0.05, 0) is 6.42 Å². The van der Waals surface area contributed by atoms with Crippen LogP contribution in [-0.2, 0) is 14.4 Å². The number of nitrogens with one attached hydrogen (secondary N) is 1. The number of carboxylic acids is 1. The highest BCUT2D eigenvalue weighted by molar-refractivity contribution is 7.09. The largest absolute Gasteiger partial charge is 0.480 e. The zero-order valence-corrected chi connectivity index (χ0v) is 11.5. The Hall–Kier alpha value is -2.42. The summed E-state index contributed by atoms with van der Waals surface area (Å²) in [6, 6.07) is -1.34. The Kier molecular flexibility index (Phi) is 6.34. The molecule has 0 aliphatic rings. The van der Waals surface area contributed by atoms with Gasteiger partial charge in [-0.3, -0.25) is 14.6 Å². The maximum absolute atomic E-state index is 11.7. The van der Waals surface area contributed by atoms with E-state index >= 15 is 0 Å². The van der Waals surface area contributed by atoms with E-state index in [1.54, 1.807) is 0 Å². The van der Waals surface area contributed by atoms with Crippen LogP contribution in [0.15, 0.2) is 11.7 Å². The van der Waals surface area contributed by atoms with Crippen molar-refractivity contribution < 1.29 is 29.4 Å². The number of nitrogens with zero attached hydrogens (tertiary/aromatic N) is 3. The molecule has 1 aromatic rings. The van der Waals surface area contributed by atoms with Crippen LogP contribution in [0.25, 0.3) is 5.53 Å². The van der Waals surface area contributed by atoms with Gasteiger partial charge in [0.1, 0.15) is 6.04 Å². The molecular formula is C11H12N4O5S. The minimum Gasteiger partial charge on any atom is -0.480 e. The molecule has 21 heavy (non-hydrogen) atoms. The minimum atomic E-state index is -1.52. The number of Topliss-reactive ketones (excluding diaryl/α,β-unsaturated/α-hetero) is 1. The molecular weight excluding hydrogens is 300 g/mol. The molecule has 0 bridgehead atoms. The molecule has 2 atom stereocenters. The fourth-order valence-electron chi connectivity index (χ4n) is 1.41. The molecule has 0 aromatic carbocycles. The normalized spacial score (nSPS) is 12.8. The van der Waals surface area contributed by atoms with Gasteiger partial charge in [0.2, 0.25) is 5.78 Å². The Morgan fingerprint density at radius 3 is 2.76 bits per heavy atom. The second kappa shape index (κ2) is 8.00. The quantitative estimate of drug-likeness (QED) is 0.331. The van der Waals surface area contributed by atoms with Crippen molar-refractivity contribution in [2.75, 3.05) is 0 Å². The van der Waals surface area contributed by atoms with Gasteiger partial charge in [-0.25, -0.2) is 4.79 Å². The van der Waals surface area contributed by atoms with Crippen LogP contribution < -0.4 is 5.32 Å². The van der Waals surface area contributed by atoms with E-state index in [2.05, 4.69) is 15.1 Å². The third kappa shape index (κ3) is 5.22. The first-order valence-electron chi connectivity index (χ1n) is 5.75. The van der Waals surface area contributed by atoms with Gasteiger partial charge < -0.3 is 21.1 Å². The number of aliphatic hydroxyl groups excluding tert-OH is 1. The number of aliphatic carboxylic acids is 1. The van der Waals surface area contributed by atoms with Gasteiger partial charge in [0.15, 0.2) is 6.10 Å². The Morgan fingerprint density at radius 2 is 2.24 bits per heavy atom. The van der Waals surface area contributed by atoms with Crippen molar-refractivity contribution in [3.63, 3.8) is 0 Å². The molecule has 1 amide bonds. The van der Waals surface area contributed by atoms with Gasteiger partial charge in [-0.15, -0.1) is 11.3 Å². The molecule has 0 fully saturated rings. The van der Waals surface area contributed by atoms with Gasteiger partial charge in [0.25, 0.3) is 5.91 Å². The summed E-state index contributed by atoms with van der Waals surface area (Å²) in [4.78, 5) is 40.4. The second-order valence-electron chi connectivity index (χ2n) is 3.96. The summed E-state index contributed by atoms with van der Waals surface area (Å²) in [5.41, 5.74) is 9.58. The highest BCUT2D eigenvalue weighted by Gasteiger charge is 2.26. The Labute approximate surface area is 122 Å². The number of amides is 1.